The molecule has 0 aliphatic carbocycles. The van der Waals surface area contributed by atoms with E-state index in [1.165, 1.54) is 12.8 Å². The van der Waals surface area contributed by atoms with Gasteiger partial charge in [0.25, 0.3) is 0 Å². The largest absolute Gasteiger partial charge is 1.00 e. The molecule has 4 nitrogen and oxygen atoms in total. The van der Waals surface area contributed by atoms with E-state index in [0.29, 0.717) is 25.7 Å². The number of unbranched alkanes of at least 4 members (excludes halogenated alkanes) is 6. The maximum atomic E-state index is 11.3. The Morgan fingerprint density at radius 1 is 0.783 bits per heavy atom. The van der Waals surface area contributed by atoms with Gasteiger partial charge in [0.15, 0.2) is 0 Å². The molecule has 0 radical (unpaired) electrons. The van der Waals surface area contributed by atoms with Crippen LogP contribution in [0.3, 0.4) is 0 Å². The third-order valence-electron chi connectivity index (χ3n) is 4.24. The zero-order valence-electron chi connectivity index (χ0n) is 15.4. The van der Waals surface area contributed by atoms with Crippen LogP contribution in [0.25, 0.3) is 0 Å². The number of hydrogen-bond acceptors (Lipinski definition) is 4. The van der Waals surface area contributed by atoms with Gasteiger partial charge in [-0.05, 0) is 32.1 Å². The van der Waals surface area contributed by atoms with Crippen molar-refractivity contribution in [2.24, 2.45) is 0 Å². The zero-order valence-corrected chi connectivity index (χ0v) is 19.4. The van der Waals surface area contributed by atoms with Crippen LogP contribution < -0.4 is 51.4 Å². The Morgan fingerprint density at radius 2 is 1.22 bits per heavy atom. The minimum Gasteiger partial charge on any atom is -0.748 e. The summed E-state index contributed by atoms with van der Waals surface area (Å²) >= 11 is 0. The molecule has 0 aromatic rings. The maximum Gasteiger partial charge on any atom is 1.00 e. The molecular weight excluding hydrogens is 339 g/mol. The molecular formula is C17H35KO4S. The molecule has 1 N–H and O–H groups in total. The number of hydrogen-bond donors (Lipinski definition) is 1. The molecule has 0 aliphatic rings. The Hall–Kier alpha value is 1.51. The normalized spacial score (nSPS) is 14.3. The standard InChI is InChI=1S/C17H36O4S.K/c1-3-5-7-9-12-16(18)13-11-15-17(22(19,20)21)14-10-8-6-4-2;/h16-18H,3-15H2,1-2H3,(H,19,20,21);/q;+1/p-1. The van der Waals surface area contributed by atoms with Gasteiger partial charge in [-0.2, -0.15) is 0 Å². The van der Waals surface area contributed by atoms with Crippen molar-refractivity contribution in [3.05, 3.63) is 0 Å². The Balaban J connectivity index is 0. The summed E-state index contributed by atoms with van der Waals surface area (Å²) in [4.78, 5) is 0. The van der Waals surface area contributed by atoms with Crippen molar-refractivity contribution < 1.29 is 69.5 Å². The Kier molecular flexibility index (Phi) is 19.7. The predicted molar refractivity (Wildman–Crippen MR) is 90.9 cm³/mol. The third-order valence-corrected chi connectivity index (χ3v) is 5.53. The van der Waals surface area contributed by atoms with Crippen LogP contribution in [0, 0.1) is 0 Å². The molecule has 0 spiro atoms. The number of aliphatic hydroxyl groups is 1. The summed E-state index contributed by atoms with van der Waals surface area (Å²) in [6.45, 7) is 4.25. The molecule has 0 bridgehead atoms. The maximum absolute atomic E-state index is 11.3. The van der Waals surface area contributed by atoms with E-state index in [1.54, 1.807) is 0 Å². The molecule has 0 heterocycles. The molecule has 0 rings (SSSR count). The predicted octanol–water partition coefficient (Wildman–Crippen LogP) is 1.38. The average molecular weight is 375 g/mol. The molecule has 2 atom stereocenters. The summed E-state index contributed by atoms with van der Waals surface area (Å²) in [5.41, 5.74) is 0. The quantitative estimate of drug-likeness (QED) is 0.267. The van der Waals surface area contributed by atoms with Crippen molar-refractivity contribution in [2.45, 2.75) is 109 Å². The van der Waals surface area contributed by atoms with Crippen molar-refractivity contribution in [2.75, 3.05) is 0 Å². The first-order chi connectivity index (χ1) is 10.4. The molecule has 0 fully saturated rings. The van der Waals surface area contributed by atoms with E-state index in [0.717, 1.165) is 44.9 Å². The van der Waals surface area contributed by atoms with E-state index >= 15 is 0 Å². The van der Waals surface area contributed by atoms with Gasteiger partial charge in [0.1, 0.15) is 0 Å². The molecule has 0 saturated heterocycles. The van der Waals surface area contributed by atoms with Gasteiger partial charge in [-0.1, -0.05) is 65.2 Å². The van der Waals surface area contributed by atoms with Crippen molar-refractivity contribution >= 4 is 10.1 Å². The second-order valence-corrected chi connectivity index (χ2v) is 8.05. The summed E-state index contributed by atoms with van der Waals surface area (Å²) in [6, 6.07) is 0. The van der Waals surface area contributed by atoms with Crippen LogP contribution in [0.2, 0.25) is 0 Å². The Morgan fingerprint density at radius 3 is 1.70 bits per heavy atom. The fraction of sp³-hybridized carbons (Fsp3) is 1.00. The number of aliphatic hydroxyl groups excluding tert-OH is 1. The van der Waals surface area contributed by atoms with Crippen molar-refractivity contribution in [3.63, 3.8) is 0 Å². The van der Waals surface area contributed by atoms with Gasteiger partial charge >= 0.3 is 51.4 Å². The van der Waals surface area contributed by atoms with Crippen LogP contribution in [-0.2, 0) is 10.1 Å². The summed E-state index contributed by atoms with van der Waals surface area (Å²) in [7, 11) is -4.21. The minimum absolute atomic E-state index is 0. The van der Waals surface area contributed by atoms with Crippen molar-refractivity contribution in [1.82, 2.24) is 0 Å². The Labute approximate surface area is 186 Å². The fourth-order valence-corrected chi connectivity index (χ4v) is 3.67. The van der Waals surface area contributed by atoms with Crippen LogP contribution >= 0.6 is 0 Å². The molecule has 0 aliphatic heterocycles. The number of rotatable bonds is 15. The van der Waals surface area contributed by atoms with Gasteiger partial charge in [0, 0.05) is 5.25 Å². The van der Waals surface area contributed by atoms with Crippen molar-refractivity contribution in [3.8, 4) is 0 Å². The molecule has 0 amide bonds. The van der Waals surface area contributed by atoms with Gasteiger partial charge in [-0.15, -0.1) is 0 Å². The van der Waals surface area contributed by atoms with E-state index in [4.69, 9.17) is 0 Å². The molecule has 2 unspecified atom stereocenters. The van der Waals surface area contributed by atoms with E-state index in [2.05, 4.69) is 13.8 Å². The molecule has 6 heteroatoms. The fourth-order valence-electron chi connectivity index (χ4n) is 2.76. The summed E-state index contributed by atoms with van der Waals surface area (Å²) in [6.07, 6.45) is 11.0. The van der Waals surface area contributed by atoms with Crippen LogP contribution in [0.4, 0.5) is 0 Å². The van der Waals surface area contributed by atoms with Crippen LogP contribution in [-0.4, -0.2) is 29.4 Å². The first-order valence-electron chi connectivity index (χ1n) is 9.04. The monoisotopic (exact) mass is 374 g/mol. The van der Waals surface area contributed by atoms with Gasteiger partial charge in [0.05, 0.1) is 16.2 Å². The SMILES string of the molecule is CCCCCCC(O)CCCC(CCCCCC)S(=O)(=O)[O-].[K+]. The summed E-state index contributed by atoms with van der Waals surface area (Å²) in [5.74, 6) is 0. The first-order valence-corrected chi connectivity index (χ1v) is 10.5. The van der Waals surface area contributed by atoms with E-state index in [-0.39, 0.29) is 57.5 Å². The van der Waals surface area contributed by atoms with Crippen molar-refractivity contribution in [1.29, 1.82) is 0 Å². The average Bonchev–Trinajstić information content (AvgIpc) is 2.45. The molecule has 23 heavy (non-hydrogen) atoms. The van der Waals surface area contributed by atoms with Gasteiger partial charge in [0.2, 0.25) is 0 Å². The second kappa shape index (κ2) is 16.9. The summed E-state index contributed by atoms with van der Waals surface area (Å²) in [5, 5.41) is 9.12. The Bertz CT molecular complexity index is 347. The molecule has 0 aromatic heterocycles. The third kappa shape index (κ3) is 16.7. The minimum atomic E-state index is -4.21. The van der Waals surface area contributed by atoms with Crippen LogP contribution in [0.15, 0.2) is 0 Å². The van der Waals surface area contributed by atoms with E-state index < -0.39 is 15.4 Å². The van der Waals surface area contributed by atoms with Gasteiger partial charge in [-0.25, -0.2) is 8.42 Å². The smallest absolute Gasteiger partial charge is 0.748 e. The summed E-state index contributed by atoms with van der Waals surface area (Å²) < 4.78 is 33.9. The van der Waals surface area contributed by atoms with Crippen LogP contribution in [0.1, 0.15) is 97.3 Å². The van der Waals surface area contributed by atoms with E-state index in [1.807, 2.05) is 0 Å². The van der Waals surface area contributed by atoms with Gasteiger partial charge < -0.3 is 9.66 Å². The van der Waals surface area contributed by atoms with Crippen LogP contribution in [0.5, 0.6) is 0 Å². The molecule has 134 valence electrons. The zero-order chi connectivity index (χ0) is 16.8. The second-order valence-electron chi connectivity index (χ2n) is 6.40. The van der Waals surface area contributed by atoms with E-state index in [9.17, 15) is 18.1 Å². The first kappa shape index (κ1) is 26.7. The molecule has 0 saturated carbocycles. The molecule has 0 aromatic carbocycles. The topological polar surface area (TPSA) is 77.4 Å². The van der Waals surface area contributed by atoms with Gasteiger partial charge in [-0.3, -0.25) is 0 Å².